The van der Waals surface area contributed by atoms with E-state index in [0.29, 0.717) is 0 Å². The Hall–Kier alpha value is -1.13. The molecule has 0 spiro atoms. The van der Waals surface area contributed by atoms with Crippen molar-refractivity contribution in [1.29, 1.82) is 0 Å². The molecule has 0 aliphatic heterocycles. The number of aliphatic hydroxyl groups is 1. The summed E-state index contributed by atoms with van der Waals surface area (Å²) in [5.74, 6) is 0. The van der Waals surface area contributed by atoms with Crippen LogP contribution in [0.1, 0.15) is 37.9 Å². The zero-order valence-electron chi connectivity index (χ0n) is 10.8. The van der Waals surface area contributed by atoms with Gasteiger partial charge in [0.1, 0.15) is 0 Å². The molecule has 1 aromatic heterocycles. The van der Waals surface area contributed by atoms with Crippen LogP contribution in [0.2, 0.25) is 0 Å². The van der Waals surface area contributed by atoms with Gasteiger partial charge in [-0.1, -0.05) is 0 Å². The number of rotatable bonds is 7. The maximum atomic E-state index is 8.70. The highest BCUT2D eigenvalue weighted by Gasteiger charge is 2.03. The van der Waals surface area contributed by atoms with Crippen molar-refractivity contribution < 1.29 is 5.11 Å². The third kappa shape index (κ3) is 4.71. The van der Waals surface area contributed by atoms with E-state index < -0.39 is 0 Å². The van der Waals surface area contributed by atoms with Gasteiger partial charge in [0.05, 0.1) is 17.6 Å². The number of hydrogen-bond acceptors (Lipinski definition) is 4. The highest BCUT2D eigenvalue weighted by molar-refractivity contribution is 5.43. The second-order valence-electron chi connectivity index (χ2n) is 4.44. The van der Waals surface area contributed by atoms with Crippen LogP contribution >= 0.6 is 0 Å². The average Bonchev–Trinajstić information content (AvgIpc) is 2.34. The first-order chi connectivity index (χ1) is 8.15. The molecular weight excluding hydrogens is 214 g/mol. The van der Waals surface area contributed by atoms with E-state index in [1.165, 1.54) is 0 Å². The number of aliphatic hydroxyl groups excluding tert-OH is 1. The molecule has 1 rings (SSSR count). The van der Waals surface area contributed by atoms with Crippen LogP contribution in [0.25, 0.3) is 0 Å². The normalized spacial score (nSPS) is 12.5. The molecule has 0 aliphatic carbocycles. The van der Waals surface area contributed by atoms with Crippen molar-refractivity contribution in [3.63, 3.8) is 0 Å². The first kappa shape index (κ1) is 13.9. The first-order valence-corrected chi connectivity index (χ1v) is 6.18. The van der Waals surface area contributed by atoms with Gasteiger partial charge in [-0.05, 0) is 38.3 Å². The fourth-order valence-corrected chi connectivity index (χ4v) is 1.66. The number of unbranched alkanes of at least 4 members (excludes halogenated alkanes) is 2. The highest BCUT2D eigenvalue weighted by Crippen LogP contribution is 2.14. The molecule has 0 radical (unpaired) electrons. The highest BCUT2D eigenvalue weighted by atomic mass is 16.2. The molecule has 0 unspecified atom stereocenters. The van der Waals surface area contributed by atoms with E-state index in [1.54, 1.807) is 0 Å². The minimum Gasteiger partial charge on any atom is -0.396 e. The Morgan fingerprint density at radius 3 is 2.65 bits per heavy atom. The average molecular weight is 237 g/mol. The Bertz CT molecular complexity index is 311. The third-order valence-corrected chi connectivity index (χ3v) is 2.83. The lowest BCUT2D eigenvalue weighted by molar-refractivity contribution is 0.283. The topological polar surface area (TPSA) is 62.4 Å². The molecule has 4 heteroatoms. The van der Waals surface area contributed by atoms with E-state index >= 15 is 0 Å². The van der Waals surface area contributed by atoms with Gasteiger partial charge in [0.15, 0.2) is 0 Å². The third-order valence-electron chi connectivity index (χ3n) is 2.83. The van der Waals surface area contributed by atoms with Gasteiger partial charge in [-0.15, -0.1) is 0 Å². The van der Waals surface area contributed by atoms with Crippen LogP contribution in [-0.4, -0.2) is 30.3 Å². The molecule has 0 bridgehead atoms. The van der Waals surface area contributed by atoms with Gasteiger partial charge in [0.25, 0.3) is 0 Å². The molecule has 0 aliphatic rings. The molecule has 0 amide bonds. The summed E-state index contributed by atoms with van der Waals surface area (Å²) in [7, 11) is 2.06. The lowest BCUT2D eigenvalue weighted by atomic mass is 10.2. The van der Waals surface area contributed by atoms with Gasteiger partial charge < -0.3 is 15.7 Å². The lowest BCUT2D eigenvalue weighted by Gasteiger charge is -2.19. The quantitative estimate of drug-likeness (QED) is 0.709. The van der Waals surface area contributed by atoms with E-state index in [4.69, 9.17) is 10.8 Å². The van der Waals surface area contributed by atoms with Gasteiger partial charge in [-0.25, -0.2) is 0 Å². The van der Waals surface area contributed by atoms with Crippen LogP contribution in [-0.2, 0) is 0 Å². The summed E-state index contributed by atoms with van der Waals surface area (Å²) in [6, 6.07) is 4.01. The van der Waals surface area contributed by atoms with Crippen molar-refractivity contribution in [2.75, 3.05) is 25.1 Å². The van der Waals surface area contributed by atoms with Gasteiger partial charge >= 0.3 is 0 Å². The van der Waals surface area contributed by atoms with Crippen LogP contribution in [0.15, 0.2) is 18.3 Å². The SMILES string of the molecule is C[C@@H](N)c1ccc(N(C)CCCCCO)cn1. The van der Waals surface area contributed by atoms with Crippen LogP contribution in [0, 0.1) is 0 Å². The van der Waals surface area contributed by atoms with Crippen molar-refractivity contribution >= 4 is 5.69 Å². The molecule has 1 atom stereocenters. The number of pyridine rings is 1. The zero-order valence-corrected chi connectivity index (χ0v) is 10.8. The van der Waals surface area contributed by atoms with E-state index in [0.717, 1.165) is 37.2 Å². The Balaban J connectivity index is 2.43. The summed E-state index contributed by atoms with van der Waals surface area (Å²) < 4.78 is 0. The molecule has 0 aromatic carbocycles. The Morgan fingerprint density at radius 1 is 1.35 bits per heavy atom. The number of nitrogens with two attached hydrogens (primary N) is 1. The van der Waals surface area contributed by atoms with Crippen molar-refractivity contribution in [1.82, 2.24) is 4.98 Å². The van der Waals surface area contributed by atoms with Crippen molar-refractivity contribution in [3.8, 4) is 0 Å². The molecule has 17 heavy (non-hydrogen) atoms. The van der Waals surface area contributed by atoms with Crippen LogP contribution in [0.5, 0.6) is 0 Å². The molecular formula is C13H23N3O. The second-order valence-corrected chi connectivity index (χ2v) is 4.44. The number of nitrogens with zero attached hydrogens (tertiary/aromatic N) is 2. The first-order valence-electron chi connectivity index (χ1n) is 6.18. The Morgan fingerprint density at radius 2 is 2.12 bits per heavy atom. The molecule has 0 fully saturated rings. The lowest BCUT2D eigenvalue weighted by Crippen LogP contribution is -2.19. The minimum absolute atomic E-state index is 0.0149. The van der Waals surface area contributed by atoms with Gasteiger partial charge in [0.2, 0.25) is 0 Å². The molecule has 3 N–H and O–H groups in total. The maximum absolute atomic E-state index is 8.70. The van der Waals surface area contributed by atoms with E-state index in [1.807, 2.05) is 19.2 Å². The smallest absolute Gasteiger partial charge is 0.0569 e. The summed E-state index contributed by atoms with van der Waals surface area (Å²) in [6.45, 7) is 3.20. The van der Waals surface area contributed by atoms with E-state index in [9.17, 15) is 0 Å². The molecule has 1 aromatic rings. The Kier molecular flexibility index (Phi) is 5.94. The van der Waals surface area contributed by atoms with Crippen molar-refractivity contribution in [2.24, 2.45) is 5.73 Å². The summed E-state index contributed by atoms with van der Waals surface area (Å²) in [6.07, 6.45) is 4.90. The minimum atomic E-state index is -0.0149. The fraction of sp³-hybridized carbons (Fsp3) is 0.615. The zero-order chi connectivity index (χ0) is 12.7. The largest absolute Gasteiger partial charge is 0.396 e. The maximum Gasteiger partial charge on any atom is 0.0569 e. The number of hydrogen-bond donors (Lipinski definition) is 2. The molecule has 0 saturated heterocycles. The molecule has 0 saturated carbocycles. The summed E-state index contributed by atoms with van der Waals surface area (Å²) >= 11 is 0. The summed E-state index contributed by atoms with van der Waals surface area (Å²) in [5, 5.41) is 8.70. The van der Waals surface area contributed by atoms with E-state index in [2.05, 4.69) is 23.0 Å². The van der Waals surface area contributed by atoms with Gasteiger partial charge in [-0.2, -0.15) is 0 Å². The predicted molar refractivity (Wildman–Crippen MR) is 71.0 cm³/mol. The van der Waals surface area contributed by atoms with Crippen LogP contribution in [0.4, 0.5) is 5.69 Å². The predicted octanol–water partition coefficient (Wildman–Crippen LogP) is 1.70. The molecule has 96 valence electrons. The standard InChI is InChI=1S/C13H23N3O/c1-11(14)13-7-6-12(10-15-13)16(2)8-4-3-5-9-17/h6-7,10-11,17H,3-5,8-9,14H2,1-2H3/t11-/m1/s1. The van der Waals surface area contributed by atoms with Crippen LogP contribution in [0.3, 0.4) is 0 Å². The van der Waals surface area contributed by atoms with Crippen molar-refractivity contribution in [3.05, 3.63) is 24.0 Å². The molecule has 1 heterocycles. The molecule has 4 nitrogen and oxygen atoms in total. The van der Waals surface area contributed by atoms with Gasteiger partial charge in [0, 0.05) is 26.2 Å². The Labute approximate surface area is 103 Å². The van der Waals surface area contributed by atoms with Crippen LogP contribution < -0.4 is 10.6 Å². The monoisotopic (exact) mass is 237 g/mol. The number of aromatic nitrogens is 1. The second kappa shape index (κ2) is 7.25. The van der Waals surface area contributed by atoms with Gasteiger partial charge in [-0.3, -0.25) is 4.98 Å². The van der Waals surface area contributed by atoms with Crippen molar-refractivity contribution in [2.45, 2.75) is 32.2 Å². The fourth-order valence-electron chi connectivity index (χ4n) is 1.66. The van der Waals surface area contributed by atoms with E-state index in [-0.39, 0.29) is 12.6 Å². The summed E-state index contributed by atoms with van der Waals surface area (Å²) in [4.78, 5) is 6.51. The number of anilines is 1. The summed E-state index contributed by atoms with van der Waals surface area (Å²) in [5.41, 5.74) is 7.78.